The summed E-state index contributed by atoms with van der Waals surface area (Å²) < 4.78 is 1.66. The molecule has 0 unspecified atom stereocenters. The molecular weight excluding hydrogens is 384 g/mol. The number of nitrogens with zero attached hydrogens (tertiary/aromatic N) is 3. The molecule has 5 nitrogen and oxygen atoms in total. The summed E-state index contributed by atoms with van der Waals surface area (Å²) in [5.74, 6) is -0.254. The van der Waals surface area contributed by atoms with Crippen molar-refractivity contribution >= 4 is 28.9 Å². The fraction of sp³-hybridized carbons (Fsp3) is 0.304. The molecule has 29 heavy (non-hydrogen) atoms. The van der Waals surface area contributed by atoms with Gasteiger partial charge in [0.05, 0.1) is 17.8 Å². The van der Waals surface area contributed by atoms with Gasteiger partial charge in [-0.15, -0.1) is 0 Å². The molecule has 0 spiro atoms. The van der Waals surface area contributed by atoms with Gasteiger partial charge in [0.1, 0.15) is 5.15 Å². The van der Waals surface area contributed by atoms with E-state index in [4.69, 9.17) is 11.6 Å². The number of carbonyl (C=O) groups excluding carboxylic acids is 1. The van der Waals surface area contributed by atoms with Crippen molar-refractivity contribution in [2.45, 2.75) is 40.3 Å². The van der Waals surface area contributed by atoms with Crippen LogP contribution in [0.15, 0.2) is 54.6 Å². The summed E-state index contributed by atoms with van der Waals surface area (Å²) in [6.07, 6.45) is 0. The molecule has 0 bridgehead atoms. The van der Waals surface area contributed by atoms with Crippen LogP contribution in [0.5, 0.6) is 0 Å². The summed E-state index contributed by atoms with van der Waals surface area (Å²) >= 11 is 6.49. The Labute approximate surface area is 177 Å². The van der Waals surface area contributed by atoms with Crippen molar-refractivity contribution in [1.29, 1.82) is 0 Å². The van der Waals surface area contributed by atoms with Gasteiger partial charge in [0.15, 0.2) is 0 Å². The Morgan fingerprint density at radius 2 is 1.79 bits per heavy atom. The zero-order chi connectivity index (χ0) is 21.0. The Kier molecular flexibility index (Phi) is 6.60. The highest BCUT2D eigenvalue weighted by Gasteiger charge is 2.20. The monoisotopic (exact) mass is 410 g/mol. The number of anilines is 2. The van der Waals surface area contributed by atoms with Crippen molar-refractivity contribution in [2.24, 2.45) is 0 Å². The third-order valence-corrected chi connectivity index (χ3v) is 5.27. The second-order valence-corrected chi connectivity index (χ2v) is 7.63. The molecule has 1 heterocycles. The molecule has 3 rings (SSSR count). The lowest BCUT2D eigenvalue weighted by Crippen LogP contribution is -2.30. The van der Waals surface area contributed by atoms with Crippen LogP contribution in [0.1, 0.15) is 42.4 Å². The van der Waals surface area contributed by atoms with E-state index in [0.29, 0.717) is 29.0 Å². The zero-order valence-corrected chi connectivity index (χ0v) is 18.1. The molecule has 0 aliphatic heterocycles. The molecular formula is C23H27ClN4O. The average molecular weight is 411 g/mol. The minimum atomic E-state index is -0.254. The number of aromatic nitrogens is 2. The Bertz CT molecular complexity index is 965. The number of carbonyl (C=O) groups is 1. The SMILES string of the molecule is CCN(c1ccc(NC(=O)c2c(C)nn(Cc3ccccc3)c2Cl)cc1)C(C)C. The van der Waals surface area contributed by atoms with Gasteiger partial charge in [0.25, 0.3) is 5.91 Å². The predicted octanol–water partition coefficient (Wildman–Crippen LogP) is 5.38. The third-order valence-electron chi connectivity index (χ3n) is 4.89. The summed E-state index contributed by atoms with van der Waals surface area (Å²) in [6.45, 7) is 9.71. The van der Waals surface area contributed by atoms with Crippen LogP contribution in [0.3, 0.4) is 0 Å². The molecule has 3 aromatic rings. The van der Waals surface area contributed by atoms with Gasteiger partial charge in [-0.05, 0) is 57.5 Å². The van der Waals surface area contributed by atoms with Gasteiger partial charge in [-0.2, -0.15) is 5.10 Å². The van der Waals surface area contributed by atoms with Crippen LogP contribution < -0.4 is 10.2 Å². The molecule has 1 aromatic heterocycles. The van der Waals surface area contributed by atoms with E-state index < -0.39 is 0 Å². The number of amides is 1. The molecule has 0 saturated heterocycles. The van der Waals surface area contributed by atoms with Crippen molar-refractivity contribution in [2.75, 3.05) is 16.8 Å². The molecule has 6 heteroatoms. The highest BCUT2D eigenvalue weighted by Crippen LogP contribution is 2.24. The summed E-state index contributed by atoms with van der Waals surface area (Å²) in [5, 5.41) is 7.73. The predicted molar refractivity (Wildman–Crippen MR) is 120 cm³/mol. The van der Waals surface area contributed by atoms with Gasteiger partial charge in [0.2, 0.25) is 0 Å². The van der Waals surface area contributed by atoms with E-state index in [9.17, 15) is 4.79 Å². The van der Waals surface area contributed by atoms with E-state index in [2.05, 4.69) is 36.1 Å². The largest absolute Gasteiger partial charge is 0.369 e. The summed E-state index contributed by atoms with van der Waals surface area (Å²) in [4.78, 5) is 15.1. The highest BCUT2D eigenvalue weighted by molar-refractivity contribution is 6.33. The maximum atomic E-state index is 12.8. The smallest absolute Gasteiger partial charge is 0.260 e. The molecule has 0 saturated carbocycles. The summed E-state index contributed by atoms with van der Waals surface area (Å²) in [5.41, 5.74) is 3.95. The average Bonchev–Trinajstić information content (AvgIpc) is 2.97. The number of hydrogen-bond donors (Lipinski definition) is 1. The molecule has 0 atom stereocenters. The molecule has 0 aliphatic rings. The van der Waals surface area contributed by atoms with E-state index in [1.165, 1.54) is 0 Å². The lowest BCUT2D eigenvalue weighted by molar-refractivity contribution is 0.102. The molecule has 1 N–H and O–H groups in total. The van der Waals surface area contributed by atoms with Crippen molar-refractivity contribution in [3.63, 3.8) is 0 Å². The Morgan fingerprint density at radius 1 is 1.14 bits per heavy atom. The Hall–Kier alpha value is -2.79. The first-order chi connectivity index (χ1) is 13.9. The quantitative estimate of drug-likeness (QED) is 0.568. The van der Waals surface area contributed by atoms with E-state index >= 15 is 0 Å². The number of benzene rings is 2. The first-order valence-electron chi connectivity index (χ1n) is 9.85. The minimum absolute atomic E-state index is 0.254. The Balaban J connectivity index is 1.76. The van der Waals surface area contributed by atoms with Crippen molar-refractivity contribution in [3.8, 4) is 0 Å². The number of hydrogen-bond acceptors (Lipinski definition) is 3. The van der Waals surface area contributed by atoms with E-state index in [1.807, 2.05) is 54.6 Å². The van der Waals surface area contributed by atoms with Gasteiger partial charge >= 0.3 is 0 Å². The van der Waals surface area contributed by atoms with E-state index in [-0.39, 0.29) is 5.91 Å². The number of rotatable bonds is 7. The summed E-state index contributed by atoms with van der Waals surface area (Å²) in [6, 6.07) is 18.2. The first-order valence-corrected chi connectivity index (χ1v) is 10.2. The Morgan fingerprint density at radius 3 is 2.38 bits per heavy atom. The van der Waals surface area contributed by atoms with Gasteiger partial charge in [-0.3, -0.25) is 4.79 Å². The standard InChI is InChI=1S/C23H27ClN4O/c1-5-27(16(2)3)20-13-11-19(12-14-20)25-23(29)21-17(4)26-28(22(21)24)15-18-9-7-6-8-10-18/h6-14,16H,5,15H2,1-4H3,(H,25,29). The fourth-order valence-electron chi connectivity index (χ4n) is 3.45. The van der Waals surface area contributed by atoms with Gasteiger partial charge in [0, 0.05) is 24.0 Å². The van der Waals surface area contributed by atoms with Crippen LogP contribution in [0.2, 0.25) is 5.15 Å². The van der Waals surface area contributed by atoms with Crippen LogP contribution in [-0.2, 0) is 6.54 Å². The second kappa shape index (κ2) is 9.14. The topological polar surface area (TPSA) is 50.2 Å². The van der Waals surface area contributed by atoms with Crippen LogP contribution in [0.25, 0.3) is 0 Å². The zero-order valence-electron chi connectivity index (χ0n) is 17.3. The molecule has 0 fully saturated rings. The van der Waals surface area contributed by atoms with E-state index in [1.54, 1.807) is 11.6 Å². The van der Waals surface area contributed by atoms with Crippen molar-refractivity contribution in [3.05, 3.63) is 76.6 Å². The maximum absolute atomic E-state index is 12.8. The van der Waals surface area contributed by atoms with Crippen molar-refractivity contribution in [1.82, 2.24) is 9.78 Å². The van der Waals surface area contributed by atoms with Gasteiger partial charge in [-0.25, -0.2) is 4.68 Å². The lowest BCUT2D eigenvalue weighted by Gasteiger charge is -2.27. The number of nitrogens with one attached hydrogen (secondary N) is 1. The highest BCUT2D eigenvalue weighted by atomic mass is 35.5. The fourth-order valence-corrected chi connectivity index (χ4v) is 3.77. The van der Waals surface area contributed by atoms with Crippen LogP contribution in [0, 0.1) is 6.92 Å². The third kappa shape index (κ3) is 4.80. The molecule has 2 aromatic carbocycles. The first kappa shape index (κ1) is 20.9. The minimum Gasteiger partial charge on any atom is -0.369 e. The lowest BCUT2D eigenvalue weighted by atomic mass is 10.2. The van der Waals surface area contributed by atoms with Crippen LogP contribution in [-0.4, -0.2) is 28.3 Å². The van der Waals surface area contributed by atoms with Gasteiger partial charge in [-0.1, -0.05) is 41.9 Å². The molecule has 1 amide bonds. The molecule has 0 radical (unpaired) electrons. The second-order valence-electron chi connectivity index (χ2n) is 7.28. The van der Waals surface area contributed by atoms with Crippen LogP contribution in [0.4, 0.5) is 11.4 Å². The van der Waals surface area contributed by atoms with E-state index in [0.717, 1.165) is 23.5 Å². The molecule has 0 aliphatic carbocycles. The number of halogens is 1. The normalized spacial score (nSPS) is 11.0. The van der Waals surface area contributed by atoms with Crippen LogP contribution >= 0.6 is 11.6 Å². The summed E-state index contributed by atoms with van der Waals surface area (Å²) in [7, 11) is 0. The van der Waals surface area contributed by atoms with Gasteiger partial charge < -0.3 is 10.2 Å². The maximum Gasteiger partial charge on any atom is 0.260 e. The van der Waals surface area contributed by atoms with Crippen molar-refractivity contribution < 1.29 is 4.79 Å². The number of aryl methyl sites for hydroxylation is 1. The molecule has 152 valence electrons.